The number of amides is 2. The number of carbonyl (C=O) groups excluding carboxylic acids is 2. The van der Waals surface area contributed by atoms with E-state index >= 15 is 0 Å². The molecule has 4 rings (SSSR count). The molecule has 2 aromatic rings. The van der Waals surface area contributed by atoms with Crippen LogP contribution >= 0.6 is 0 Å². The number of benzene rings is 1. The molecular weight excluding hydrogens is 404 g/mol. The van der Waals surface area contributed by atoms with E-state index in [9.17, 15) is 9.59 Å². The molecule has 1 aromatic carbocycles. The van der Waals surface area contributed by atoms with Gasteiger partial charge >= 0.3 is 0 Å². The normalized spacial score (nSPS) is 19.0. The second kappa shape index (κ2) is 10.3. The van der Waals surface area contributed by atoms with Gasteiger partial charge in [-0.2, -0.15) is 0 Å². The van der Waals surface area contributed by atoms with Crippen molar-refractivity contribution in [2.24, 2.45) is 0 Å². The molecule has 172 valence electrons. The fourth-order valence-corrected chi connectivity index (χ4v) is 4.85. The van der Waals surface area contributed by atoms with E-state index < -0.39 is 5.41 Å². The average Bonchev–Trinajstić information content (AvgIpc) is 3.32. The van der Waals surface area contributed by atoms with Crippen molar-refractivity contribution in [1.82, 2.24) is 30.1 Å². The first kappa shape index (κ1) is 22.5. The zero-order valence-electron chi connectivity index (χ0n) is 19.0. The fourth-order valence-electron chi connectivity index (χ4n) is 4.85. The summed E-state index contributed by atoms with van der Waals surface area (Å²) in [6.45, 7) is 4.39. The Morgan fingerprint density at radius 2 is 1.75 bits per heavy atom. The largest absolute Gasteiger partial charge is 0.355 e. The van der Waals surface area contributed by atoms with Crippen molar-refractivity contribution in [3.8, 4) is 0 Å². The minimum Gasteiger partial charge on any atom is -0.355 e. The topological polar surface area (TPSA) is 83.4 Å². The molecule has 1 aliphatic heterocycles. The van der Waals surface area contributed by atoms with Crippen LogP contribution in [0, 0.1) is 0 Å². The molecule has 32 heavy (non-hydrogen) atoms. The highest BCUT2D eigenvalue weighted by Crippen LogP contribution is 2.39. The first-order valence-electron chi connectivity index (χ1n) is 11.8. The smallest absolute Gasteiger partial charge is 0.276 e. The van der Waals surface area contributed by atoms with E-state index in [2.05, 4.69) is 39.7 Å². The van der Waals surface area contributed by atoms with E-state index in [4.69, 9.17) is 0 Å². The maximum Gasteiger partial charge on any atom is 0.276 e. The molecule has 2 fully saturated rings. The molecule has 0 spiro atoms. The molecule has 1 saturated carbocycles. The van der Waals surface area contributed by atoms with Crippen molar-refractivity contribution in [3.63, 3.8) is 0 Å². The molecule has 0 bridgehead atoms. The third-order valence-corrected chi connectivity index (χ3v) is 6.87. The molecule has 1 saturated heterocycles. The Bertz CT molecular complexity index is 898. The van der Waals surface area contributed by atoms with Crippen molar-refractivity contribution >= 4 is 11.8 Å². The summed E-state index contributed by atoms with van der Waals surface area (Å²) in [4.78, 5) is 29.9. The quantitative estimate of drug-likeness (QED) is 0.669. The Kier molecular flexibility index (Phi) is 7.19. The minimum absolute atomic E-state index is 0.0558. The molecule has 8 nitrogen and oxygen atoms in total. The second-order valence-corrected chi connectivity index (χ2v) is 9.08. The van der Waals surface area contributed by atoms with E-state index in [0.717, 1.165) is 63.8 Å². The highest BCUT2D eigenvalue weighted by Gasteiger charge is 2.40. The van der Waals surface area contributed by atoms with Crippen LogP contribution in [0.3, 0.4) is 0 Å². The van der Waals surface area contributed by atoms with Gasteiger partial charge in [0, 0.05) is 39.3 Å². The van der Waals surface area contributed by atoms with Gasteiger partial charge in [-0.25, -0.2) is 0 Å². The van der Waals surface area contributed by atoms with E-state index in [1.807, 2.05) is 23.1 Å². The highest BCUT2D eigenvalue weighted by molar-refractivity contribution is 5.92. The number of hydrogen-bond acceptors (Lipinski definition) is 5. The van der Waals surface area contributed by atoms with Crippen LogP contribution in [-0.2, 0) is 16.8 Å². The summed E-state index contributed by atoms with van der Waals surface area (Å²) in [5.74, 6) is 0.0766. The number of rotatable bonds is 7. The number of hydrogen-bond donors (Lipinski definition) is 1. The number of nitrogens with zero attached hydrogens (tertiary/aromatic N) is 5. The Hall–Kier alpha value is -2.74. The van der Waals surface area contributed by atoms with Crippen LogP contribution in [0.4, 0.5) is 0 Å². The van der Waals surface area contributed by atoms with Gasteiger partial charge in [0.1, 0.15) is 0 Å². The summed E-state index contributed by atoms with van der Waals surface area (Å²) in [6, 6.07) is 10.2. The first-order chi connectivity index (χ1) is 15.6. The Morgan fingerprint density at radius 3 is 2.47 bits per heavy atom. The van der Waals surface area contributed by atoms with Gasteiger partial charge in [0.15, 0.2) is 5.69 Å². The van der Waals surface area contributed by atoms with Gasteiger partial charge < -0.3 is 15.1 Å². The summed E-state index contributed by atoms with van der Waals surface area (Å²) in [5.41, 5.74) is 1.11. The number of piperazine rings is 1. The minimum atomic E-state index is -0.408. The average molecular weight is 439 g/mol. The monoisotopic (exact) mass is 438 g/mol. The predicted molar refractivity (Wildman–Crippen MR) is 122 cm³/mol. The van der Waals surface area contributed by atoms with Gasteiger partial charge in [-0.05, 0) is 31.9 Å². The Labute approximate surface area is 190 Å². The lowest BCUT2D eigenvalue weighted by Crippen LogP contribution is -2.47. The number of likely N-dealkylation sites (N-methyl/N-ethyl adjacent to an activating group) is 1. The van der Waals surface area contributed by atoms with Crippen molar-refractivity contribution in [3.05, 3.63) is 47.8 Å². The van der Waals surface area contributed by atoms with Crippen LogP contribution in [0.2, 0.25) is 0 Å². The van der Waals surface area contributed by atoms with Crippen LogP contribution in [0.1, 0.15) is 54.6 Å². The first-order valence-corrected chi connectivity index (χ1v) is 11.8. The molecule has 2 heterocycles. The third-order valence-electron chi connectivity index (χ3n) is 6.87. The third kappa shape index (κ3) is 5.01. The lowest BCUT2D eigenvalue weighted by molar-refractivity contribution is -0.128. The lowest BCUT2D eigenvalue weighted by Gasteiger charge is -2.36. The Balaban J connectivity index is 1.28. The summed E-state index contributed by atoms with van der Waals surface area (Å²) in [7, 11) is 2.06. The molecule has 0 unspecified atom stereocenters. The molecule has 2 aliphatic rings. The second-order valence-electron chi connectivity index (χ2n) is 9.08. The van der Waals surface area contributed by atoms with Gasteiger partial charge in [-0.1, -0.05) is 54.8 Å². The molecule has 8 heteroatoms. The molecule has 1 N–H and O–H groups in total. The SMILES string of the molecule is CN1CCN(C(=O)c2cn(CCCNC(=O)C3(c4ccccc4)CCCCC3)nn2)CC1. The van der Waals surface area contributed by atoms with Gasteiger partial charge in [0.2, 0.25) is 5.91 Å². The summed E-state index contributed by atoms with van der Waals surface area (Å²) in [5, 5.41) is 11.3. The van der Waals surface area contributed by atoms with E-state index in [-0.39, 0.29) is 11.8 Å². The van der Waals surface area contributed by atoms with E-state index in [1.54, 1.807) is 10.9 Å². The van der Waals surface area contributed by atoms with Crippen LogP contribution < -0.4 is 5.32 Å². The van der Waals surface area contributed by atoms with Crippen LogP contribution in [0.15, 0.2) is 36.5 Å². The molecule has 1 aromatic heterocycles. The molecule has 0 radical (unpaired) electrons. The highest BCUT2D eigenvalue weighted by atomic mass is 16.2. The number of aromatic nitrogens is 3. The van der Waals surface area contributed by atoms with Crippen LogP contribution in [0.25, 0.3) is 0 Å². The van der Waals surface area contributed by atoms with Crippen molar-refractivity contribution in [2.75, 3.05) is 39.8 Å². The standard InChI is InChI=1S/C24H34N6O2/c1-28-15-17-29(18-16-28)22(31)21-19-30(27-26-21)14-8-13-25-23(32)24(11-6-3-7-12-24)20-9-4-2-5-10-20/h2,4-5,9-10,19H,3,6-8,11-18H2,1H3,(H,25,32). The molecule has 1 aliphatic carbocycles. The van der Waals surface area contributed by atoms with Gasteiger partial charge in [0.25, 0.3) is 5.91 Å². The maximum atomic E-state index is 13.2. The maximum absolute atomic E-state index is 13.2. The van der Waals surface area contributed by atoms with Gasteiger partial charge in [-0.15, -0.1) is 5.10 Å². The lowest BCUT2D eigenvalue weighted by atomic mass is 9.68. The van der Waals surface area contributed by atoms with Crippen molar-refractivity contribution in [1.29, 1.82) is 0 Å². The van der Waals surface area contributed by atoms with Crippen LogP contribution in [-0.4, -0.2) is 76.4 Å². The van der Waals surface area contributed by atoms with Gasteiger partial charge in [0.05, 0.1) is 11.6 Å². The summed E-state index contributed by atoms with van der Waals surface area (Å²) in [6.07, 6.45) is 7.64. The van der Waals surface area contributed by atoms with E-state index in [1.165, 1.54) is 6.42 Å². The number of nitrogens with one attached hydrogen (secondary N) is 1. The fraction of sp³-hybridized carbons (Fsp3) is 0.583. The predicted octanol–water partition coefficient (Wildman–Crippen LogP) is 2.07. The molecular formula is C24H34N6O2. The van der Waals surface area contributed by atoms with Gasteiger partial charge in [-0.3, -0.25) is 14.3 Å². The van der Waals surface area contributed by atoms with Crippen LogP contribution in [0.5, 0.6) is 0 Å². The van der Waals surface area contributed by atoms with E-state index in [0.29, 0.717) is 18.8 Å². The van der Waals surface area contributed by atoms with Crippen molar-refractivity contribution in [2.45, 2.75) is 50.5 Å². The summed E-state index contributed by atoms with van der Waals surface area (Å²) >= 11 is 0. The van der Waals surface area contributed by atoms with Crippen molar-refractivity contribution < 1.29 is 9.59 Å². The zero-order valence-corrected chi connectivity index (χ0v) is 19.0. The number of carbonyl (C=O) groups is 2. The molecule has 0 atom stereocenters. The number of aryl methyl sites for hydroxylation is 1. The zero-order chi connectivity index (χ0) is 22.4. The molecule has 2 amide bonds. The Morgan fingerprint density at radius 1 is 1.03 bits per heavy atom. The summed E-state index contributed by atoms with van der Waals surface area (Å²) < 4.78 is 1.70.